The average Bonchev–Trinajstić information content (AvgIpc) is 2.95. The normalized spacial score (nSPS) is 13.3. The quantitative estimate of drug-likeness (QED) is 0.807. The van der Waals surface area contributed by atoms with Crippen LogP contribution in [0.3, 0.4) is 0 Å². The first-order chi connectivity index (χ1) is 10.8. The number of rotatable bonds is 6. The number of ether oxygens (including phenoxy) is 2. The van der Waals surface area contributed by atoms with Crippen molar-refractivity contribution < 1.29 is 32.2 Å². The van der Waals surface area contributed by atoms with Gasteiger partial charge in [-0.15, -0.1) is 0 Å². The van der Waals surface area contributed by atoms with E-state index in [0.717, 1.165) is 19.3 Å². The SMILES string of the molecule is O=C(COC(=O)COc1ccc2c(c1)CCC2)NCC(F)(F)F. The minimum absolute atomic E-state index is 0.411. The van der Waals surface area contributed by atoms with Gasteiger partial charge in [0.1, 0.15) is 12.3 Å². The summed E-state index contributed by atoms with van der Waals surface area (Å²) in [6.07, 6.45) is -1.41. The van der Waals surface area contributed by atoms with Crippen LogP contribution in [0.2, 0.25) is 0 Å². The van der Waals surface area contributed by atoms with Crippen molar-refractivity contribution in [3.8, 4) is 5.75 Å². The number of aryl methyl sites for hydroxylation is 2. The van der Waals surface area contributed by atoms with Gasteiger partial charge in [0.25, 0.3) is 5.91 Å². The van der Waals surface area contributed by atoms with Gasteiger partial charge in [0.05, 0.1) is 0 Å². The molecule has 1 aliphatic rings. The molecule has 126 valence electrons. The third-order valence-electron chi connectivity index (χ3n) is 3.28. The second-order valence-electron chi connectivity index (χ2n) is 5.13. The molecule has 1 aliphatic carbocycles. The van der Waals surface area contributed by atoms with Crippen LogP contribution in [-0.4, -0.2) is 37.8 Å². The number of alkyl halides is 3. The highest BCUT2D eigenvalue weighted by Crippen LogP contribution is 2.25. The molecule has 1 amide bonds. The number of nitrogens with one attached hydrogen (secondary N) is 1. The standard InChI is InChI=1S/C15H16F3NO4/c16-15(17,18)9-19-13(20)7-23-14(21)8-22-12-5-4-10-2-1-3-11(10)6-12/h4-6H,1-3,7-9H2,(H,19,20). The van der Waals surface area contributed by atoms with Crippen molar-refractivity contribution in [2.24, 2.45) is 0 Å². The van der Waals surface area contributed by atoms with Gasteiger partial charge in [-0.2, -0.15) is 13.2 Å². The number of benzene rings is 1. The lowest BCUT2D eigenvalue weighted by molar-refractivity contribution is -0.152. The molecule has 2 rings (SSSR count). The van der Waals surface area contributed by atoms with E-state index in [1.165, 1.54) is 11.1 Å². The number of amides is 1. The van der Waals surface area contributed by atoms with Crippen LogP contribution in [0.1, 0.15) is 17.5 Å². The van der Waals surface area contributed by atoms with Crippen LogP contribution in [0, 0.1) is 0 Å². The van der Waals surface area contributed by atoms with Gasteiger partial charge < -0.3 is 14.8 Å². The summed E-state index contributed by atoms with van der Waals surface area (Å²) < 4.78 is 45.4. The van der Waals surface area contributed by atoms with E-state index in [-0.39, 0.29) is 0 Å². The minimum Gasteiger partial charge on any atom is -0.482 e. The van der Waals surface area contributed by atoms with E-state index in [1.54, 1.807) is 11.4 Å². The first kappa shape index (κ1) is 17.1. The van der Waals surface area contributed by atoms with E-state index >= 15 is 0 Å². The van der Waals surface area contributed by atoms with Gasteiger partial charge in [-0.25, -0.2) is 4.79 Å². The number of fused-ring (bicyclic) bond motifs is 1. The van der Waals surface area contributed by atoms with Gasteiger partial charge in [0, 0.05) is 0 Å². The highest BCUT2D eigenvalue weighted by atomic mass is 19.4. The van der Waals surface area contributed by atoms with Crippen LogP contribution in [0.4, 0.5) is 13.2 Å². The van der Waals surface area contributed by atoms with E-state index < -0.39 is 37.8 Å². The molecule has 0 atom stereocenters. The highest BCUT2D eigenvalue weighted by Gasteiger charge is 2.27. The number of esters is 1. The van der Waals surface area contributed by atoms with Gasteiger partial charge in [0.15, 0.2) is 13.2 Å². The zero-order valence-corrected chi connectivity index (χ0v) is 12.2. The fourth-order valence-electron chi connectivity index (χ4n) is 2.22. The Balaban J connectivity index is 1.68. The first-order valence-corrected chi connectivity index (χ1v) is 7.07. The number of carbonyl (C=O) groups excluding carboxylic acids is 2. The van der Waals surface area contributed by atoms with Crippen molar-refractivity contribution in [1.82, 2.24) is 5.32 Å². The Labute approximate surface area is 130 Å². The predicted octanol–water partition coefficient (Wildman–Crippen LogP) is 1.78. The third-order valence-corrected chi connectivity index (χ3v) is 3.28. The molecule has 8 heteroatoms. The molecule has 0 heterocycles. The molecular formula is C15H16F3NO4. The van der Waals surface area contributed by atoms with Crippen molar-refractivity contribution in [2.45, 2.75) is 25.4 Å². The predicted molar refractivity (Wildman–Crippen MR) is 74.0 cm³/mol. The zero-order chi connectivity index (χ0) is 16.9. The summed E-state index contributed by atoms with van der Waals surface area (Å²) in [4.78, 5) is 22.5. The molecule has 0 bridgehead atoms. The van der Waals surface area contributed by atoms with Crippen LogP contribution < -0.4 is 10.1 Å². The smallest absolute Gasteiger partial charge is 0.405 e. The Morgan fingerprint density at radius 3 is 2.61 bits per heavy atom. The van der Waals surface area contributed by atoms with Crippen LogP contribution in [0.15, 0.2) is 18.2 Å². The molecule has 23 heavy (non-hydrogen) atoms. The fraction of sp³-hybridized carbons (Fsp3) is 0.467. The molecule has 0 fully saturated rings. The topological polar surface area (TPSA) is 64.6 Å². The monoisotopic (exact) mass is 331 g/mol. The van der Waals surface area contributed by atoms with Crippen molar-refractivity contribution >= 4 is 11.9 Å². The summed E-state index contributed by atoms with van der Waals surface area (Å²) in [5, 5.41) is 1.60. The number of halogens is 3. The largest absolute Gasteiger partial charge is 0.482 e. The molecule has 1 aromatic carbocycles. The Bertz CT molecular complexity index is 587. The van der Waals surface area contributed by atoms with E-state index in [0.29, 0.717) is 5.75 Å². The molecule has 1 N–H and O–H groups in total. The summed E-state index contributed by atoms with van der Waals surface area (Å²) >= 11 is 0. The number of hydrogen-bond acceptors (Lipinski definition) is 4. The Morgan fingerprint density at radius 1 is 1.13 bits per heavy atom. The summed E-state index contributed by atoms with van der Waals surface area (Å²) in [5.74, 6) is -1.33. The second-order valence-corrected chi connectivity index (χ2v) is 5.13. The van der Waals surface area contributed by atoms with Gasteiger partial charge in [-0.05, 0) is 42.5 Å². The molecule has 0 aromatic heterocycles. The summed E-state index contributed by atoms with van der Waals surface area (Å²) in [6, 6.07) is 5.53. The van der Waals surface area contributed by atoms with Gasteiger partial charge in [0.2, 0.25) is 0 Å². The maximum atomic E-state index is 11.9. The molecule has 0 saturated heterocycles. The third kappa shape index (κ3) is 5.80. The van der Waals surface area contributed by atoms with Crippen molar-refractivity contribution in [3.63, 3.8) is 0 Å². The van der Waals surface area contributed by atoms with Crippen LogP contribution in [-0.2, 0) is 27.2 Å². The average molecular weight is 331 g/mol. The van der Waals surface area contributed by atoms with Gasteiger partial charge >= 0.3 is 12.1 Å². The Kier molecular flexibility index (Phi) is 5.46. The Hall–Kier alpha value is -2.25. The maximum Gasteiger partial charge on any atom is 0.405 e. The summed E-state index contributed by atoms with van der Waals surface area (Å²) in [7, 11) is 0. The van der Waals surface area contributed by atoms with E-state index in [1.807, 2.05) is 12.1 Å². The highest BCUT2D eigenvalue weighted by molar-refractivity contribution is 5.80. The van der Waals surface area contributed by atoms with E-state index in [2.05, 4.69) is 4.74 Å². The Morgan fingerprint density at radius 2 is 1.87 bits per heavy atom. The number of carbonyl (C=O) groups is 2. The van der Waals surface area contributed by atoms with Crippen LogP contribution >= 0.6 is 0 Å². The molecule has 1 aromatic rings. The number of hydrogen-bond donors (Lipinski definition) is 1. The minimum atomic E-state index is -4.50. The van der Waals surface area contributed by atoms with Crippen LogP contribution in [0.5, 0.6) is 5.75 Å². The summed E-state index contributed by atoms with van der Waals surface area (Å²) in [6.45, 7) is -2.65. The van der Waals surface area contributed by atoms with Crippen molar-refractivity contribution in [1.29, 1.82) is 0 Å². The fourth-order valence-corrected chi connectivity index (χ4v) is 2.22. The lowest BCUT2D eigenvalue weighted by Crippen LogP contribution is -2.36. The van der Waals surface area contributed by atoms with Crippen LogP contribution in [0.25, 0.3) is 0 Å². The van der Waals surface area contributed by atoms with Gasteiger partial charge in [-0.3, -0.25) is 4.79 Å². The summed E-state index contributed by atoms with van der Waals surface area (Å²) in [5.41, 5.74) is 2.45. The lowest BCUT2D eigenvalue weighted by Gasteiger charge is -2.10. The van der Waals surface area contributed by atoms with E-state index in [4.69, 9.17) is 4.74 Å². The zero-order valence-electron chi connectivity index (χ0n) is 12.2. The molecule has 0 spiro atoms. The maximum absolute atomic E-state index is 11.9. The lowest BCUT2D eigenvalue weighted by atomic mass is 10.1. The van der Waals surface area contributed by atoms with Gasteiger partial charge in [-0.1, -0.05) is 6.07 Å². The molecule has 0 unspecified atom stereocenters. The molecule has 0 saturated carbocycles. The first-order valence-electron chi connectivity index (χ1n) is 7.07. The second kappa shape index (κ2) is 7.34. The van der Waals surface area contributed by atoms with Crippen molar-refractivity contribution in [2.75, 3.05) is 19.8 Å². The van der Waals surface area contributed by atoms with E-state index in [9.17, 15) is 22.8 Å². The molecule has 0 aliphatic heterocycles. The molecular weight excluding hydrogens is 315 g/mol. The van der Waals surface area contributed by atoms with Crippen molar-refractivity contribution in [3.05, 3.63) is 29.3 Å². The molecule has 0 radical (unpaired) electrons. The molecule has 5 nitrogen and oxygen atoms in total.